The number of fused-ring (bicyclic) bond motifs is 1. The van der Waals surface area contributed by atoms with E-state index < -0.39 is 17.9 Å². The average molecular weight is 537 g/mol. The number of ether oxygens (including phenoxy) is 3. The number of rotatable bonds is 8. The molecule has 0 aliphatic heterocycles. The van der Waals surface area contributed by atoms with Crippen LogP contribution in [0.3, 0.4) is 0 Å². The third-order valence-electron chi connectivity index (χ3n) is 6.69. The maximum absolute atomic E-state index is 12.3. The lowest BCUT2D eigenvalue weighted by molar-refractivity contribution is -0.132. The Bertz CT molecular complexity index is 1590. The summed E-state index contributed by atoms with van der Waals surface area (Å²) < 4.78 is 16.5. The Morgan fingerprint density at radius 3 is 1.68 bits per heavy atom. The summed E-state index contributed by atoms with van der Waals surface area (Å²) in [5, 5.41) is 0. The summed E-state index contributed by atoms with van der Waals surface area (Å²) in [6, 6.07) is 15.1. The minimum atomic E-state index is -0.622. The molecule has 40 heavy (non-hydrogen) atoms. The lowest BCUT2D eigenvalue weighted by Gasteiger charge is -2.16. The number of hydrogen-bond donors (Lipinski definition) is 0. The van der Waals surface area contributed by atoms with Gasteiger partial charge >= 0.3 is 17.9 Å². The Morgan fingerprint density at radius 1 is 0.600 bits per heavy atom. The van der Waals surface area contributed by atoms with Crippen LogP contribution >= 0.6 is 0 Å². The van der Waals surface area contributed by atoms with E-state index >= 15 is 0 Å². The minimum absolute atomic E-state index is 0.112. The lowest BCUT2D eigenvalue weighted by Crippen LogP contribution is -2.12. The Morgan fingerprint density at radius 2 is 1.07 bits per heavy atom. The average Bonchev–Trinajstić information content (AvgIpc) is 3.40. The van der Waals surface area contributed by atoms with Gasteiger partial charge in [-0.05, 0) is 104 Å². The Balaban J connectivity index is 1.70. The fourth-order valence-electron chi connectivity index (χ4n) is 4.59. The van der Waals surface area contributed by atoms with Crippen LogP contribution in [0.2, 0.25) is 0 Å². The molecule has 0 saturated carbocycles. The molecule has 0 saturated heterocycles. The lowest BCUT2D eigenvalue weighted by atomic mass is 9.92. The van der Waals surface area contributed by atoms with Gasteiger partial charge in [0.15, 0.2) is 11.5 Å². The molecule has 204 valence electrons. The van der Waals surface area contributed by atoms with Gasteiger partial charge in [0.1, 0.15) is 5.75 Å². The minimum Gasteiger partial charge on any atom is -0.423 e. The highest BCUT2D eigenvalue weighted by Crippen LogP contribution is 2.40. The summed E-state index contributed by atoms with van der Waals surface area (Å²) in [6.07, 6.45) is 2.76. The van der Waals surface area contributed by atoms with E-state index in [4.69, 9.17) is 14.2 Å². The van der Waals surface area contributed by atoms with E-state index in [0.29, 0.717) is 11.3 Å². The van der Waals surface area contributed by atoms with Crippen molar-refractivity contribution < 1.29 is 28.6 Å². The molecule has 3 aromatic rings. The van der Waals surface area contributed by atoms with Crippen molar-refractivity contribution in [2.24, 2.45) is 0 Å². The van der Waals surface area contributed by atoms with Crippen LogP contribution in [-0.2, 0) is 27.2 Å². The first-order valence-electron chi connectivity index (χ1n) is 13.0. The largest absolute Gasteiger partial charge is 0.423 e. The summed E-state index contributed by atoms with van der Waals surface area (Å²) in [5.41, 5.74) is 7.95. The van der Waals surface area contributed by atoms with Gasteiger partial charge in [-0.15, -0.1) is 0 Å². The molecule has 1 aliphatic rings. The Kier molecular flexibility index (Phi) is 8.19. The van der Waals surface area contributed by atoms with Crippen LogP contribution in [-0.4, -0.2) is 17.9 Å². The Labute approximate surface area is 234 Å². The van der Waals surface area contributed by atoms with Crippen molar-refractivity contribution in [3.05, 3.63) is 102 Å². The third kappa shape index (κ3) is 5.96. The van der Waals surface area contributed by atoms with Crippen molar-refractivity contribution >= 4 is 17.9 Å². The van der Waals surface area contributed by atoms with Gasteiger partial charge in [0.25, 0.3) is 0 Å². The fourth-order valence-corrected chi connectivity index (χ4v) is 4.59. The van der Waals surface area contributed by atoms with Gasteiger partial charge < -0.3 is 14.2 Å². The van der Waals surface area contributed by atoms with Gasteiger partial charge in [-0.1, -0.05) is 50.1 Å². The van der Waals surface area contributed by atoms with Crippen LogP contribution in [0, 0.1) is 6.92 Å². The van der Waals surface area contributed by atoms with Gasteiger partial charge in [0.2, 0.25) is 0 Å². The number of hydrogen-bond acceptors (Lipinski definition) is 6. The molecule has 6 nitrogen and oxygen atoms in total. The summed E-state index contributed by atoms with van der Waals surface area (Å²) in [5.74, 6) is -0.834. The molecule has 0 N–H and O–H groups in total. The van der Waals surface area contributed by atoms with Crippen molar-refractivity contribution in [1.29, 1.82) is 0 Å². The predicted molar refractivity (Wildman–Crippen MR) is 155 cm³/mol. The van der Waals surface area contributed by atoms with E-state index in [1.54, 1.807) is 32.9 Å². The smallest absolute Gasteiger partial charge is 0.338 e. The second-order valence-corrected chi connectivity index (χ2v) is 10.1. The topological polar surface area (TPSA) is 78.9 Å². The molecule has 0 heterocycles. The van der Waals surface area contributed by atoms with Gasteiger partial charge in [-0.3, -0.25) is 0 Å². The zero-order valence-electron chi connectivity index (χ0n) is 23.3. The van der Waals surface area contributed by atoms with Crippen LogP contribution in [0.4, 0.5) is 0 Å². The number of carbonyl (C=O) groups excluding carboxylic acids is 3. The van der Waals surface area contributed by atoms with Crippen molar-refractivity contribution in [1.82, 2.24) is 0 Å². The molecule has 4 rings (SSSR count). The van der Waals surface area contributed by atoms with Gasteiger partial charge in [0.05, 0.1) is 0 Å². The van der Waals surface area contributed by atoms with Crippen molar-refractivity contribution in [3.8, 4) is 39.5 Å². The molecule has 0 amide bonds. The summed E-state index contributed by atoms with van der Waals surface area (Å²) in [4.78, 5) is 36.6. The maximum Gasteiger partial charge on any atom is 0.338 e. The van der Waals surface area contributed by atoms with E-state index in [0.717, 1.165) is 52.6 Å². The van der Waals surface area contributed by atoms with Crippen LogP contribution in [0.1, 0.15) is 43.9 Å². The van der Waals surface area contributed by atoms with Gasteiger partial charge in [-0.2, -0.15) is 0 Å². The van der Waals surface area contributed by atoms with Crippen LogP contribution < -0.4 is 14.2 Å². The van der Waals surface area contributed by atoms with Crippen LogP contribution in [0.15, 0.2) is 85.0 Å². The second kappa shape index (κ2) is 11.6. The summed E-state index contributed by atoms with van der Waals surface area (Å²) >= 11 is 0. The first kappa shape index (κ1) is 28.3. The van der Waals surface area contributed by atoms with E-state index in [-0.39, 0.29) is 22.6 Å². The molecule has 0 spiro atoms. The van der Waals surface area contributed by atoms with E-state index in [9.17, 15) is 14.4 Å². The molecular formula is C34H32O6. The van der Waals surface area contributed by atoms with Crippen molar-refractivity contribution in [2.75, 3.05) is 0 Å². The van der Waals surface area contributed by atoms with E-state index in [1.807, 2.05) is 37.3 Å². The molecule has 0 fully saturated rings. The molecule has 0 atom stereocenters. The normalized spacial score (nSPS) is 11.8. The molecule has 1 aliphatic carbocycles. The fraction of sp³-hybridized carbons (Fsp3) is 0.206. The zero-order valence-corrected chi connectivity index (χ0v) is 23.3. The SMILES string of the molecule is C=C(C)C(=O)Oc1ccc(-c2ccc(-c3ccc(OC(=O)C(=C)C)c4c3CCC4)cc2C)cc1OC(=O)C(=C)C. The highest BCUT2D eigenvalue weighted by atomic mass is 16.6. The van der Waals surface area contributed by atoms with E-state index in [1.165, 1.54) is 5.56 Å². The number of carbonyl (C=O) groups is 3. The highest BCUT2D eigenvalue weighted by molar-refractivity contribution is 5.92. The quantitative estimate of drug-likeness (QED) is 0.171. The number of benzene rings is 3. The number of aryl methyl sites for hydroxylation is 1. The standard InChI is InChI=1S/C34H32O6/c1-19(2)32(35)38-29-16-14-26(27-9-8-10-28(27)29)23-11-13-25(22(7)17-23)24-12-15-30(39-33(36)20(3)4)31(18-24)40-34(37)21(5)6/h11-18H,1,3,5,8-10H2,2,4,6-7H3. The monoisotopic (exact) mass is 536 g/mol. The molecule has 3 aromatic carbocycles. The third-order valence-corrected chi connectivity index (χ3v) is 6.69. The molecular weight excluding hydrogens is 504 g/mol. The Hall–Kier alpha value is -4.71. The predicted octanol–water partition coefficient (Wildman–Crippen LogP) is 7.26. The van der Waals surface area contributed by atoms with Gasteiger partial charge in [0, 0.05) is 16.7 Å². The first-order chi connectivity index (χ1) is 19.0. The molecule has 0 radical (unpaired) electrons. The van der Waals surface area contributed by atoms with Crippen molar-refractivity contribution in [2.45, 2.75) is 47.0 Å². The second-order valence-electron chi connectivity index (χ2n) is 10.1. The molecule has 0 bridgehead atoms. The highest BCUT2D eigenvalue weighted by Gasteiger charge is 2.23. The number of esters is 3. The van der Waals surface area contributed by atoms with Crippen LogP contribution in [0.5, 0.6) is 17.2 Å². The first-order valence-corrected chi connectivity index (χ1v) is 13.0. The van der Waals surface area contributed by atoms with Crippen LogP contribution in [0.25, 0.3) is 22.3 Å². The summed E-state index contributed by atoms with van der Waals surface area (Å²) in [7, 11) is 0. The van der Waals surface area contributed by atoms with E-state index in [2.05, 4.69) is 25.8 Å². The maximum atomic E-state index is 12.3. The van der Waals surface area contributed by atoms with Crippen molar-refractivity contribution in [3.63, 3.8) is 0 Å². The zero-order chi connectivity index (χ0) is 29.1. The van der Waals surface area contributed by atoms with Gasteiger partial charge in [-0.25, -0.2) is 14.4 Å². The molecule has 0 aromatic heterocycles. The molecule has 6 heteroatoms. The summed E-state index contributed by atoms with van der Waals surface area (Å²) in [6.45, 7) is 17.6. The molecule has 0 unspecified atom stereocenters.